The van der Waals surface area contributed by atoms with Crippen LogP contribution in [0.4, 0.5) is 38.5 Å². The van der Waals surface area contributed by atoms with Gasteiger partial charge < -0.3 is 114 Å². The van der Waals surface area contributed by atoms with Crippen molar-refractivity contribution in [1.29, 1.82) is 0 Å². The van der Waals surface area contributed by atoms with Crippen molar-refractivity contribution in [1.82, 2.24) is 87.2 Å². The maximum absolute atomic E-state index is 14.6. The summed E-state index contributed by atoms with van der Waals surface area (Å²) in [7, 11) is 0. The van der Waals surface area contributed by atoms with Crippen molar-refractivity contribution in [2.75, 3.05) is 158 Å². The second-order valence-electron chi connectivity index (χ2n) is 42.9. The fraction of sp³-hybridized carbons (Fsp3) is 0.553. The van der Waals surface area contributed by atoms with E-state index in [1.165, 1.54) is 10.9 Å². The quantitative estimate of drug-likeness (QED) is 0.0200. The summed E-state index contributed by atoms with van der Waals surface area (Å²) in [4.78, 5) is 51.3. The van der Waals surface area contributed by atoms with Gasteiger partial charge in [-0.15, -0.1) is 90.7 Å². The number of nitrogen functional groups attached to an aromatic ring is 6. The lowest BCUT2D eigenvalue weighted by molar-refractivity contribution is -0.172. The lowest BCUT2D eigenvalue weighted by atomic mass is 9.95. The van der Waals surface area contributed by atoms with E-state index in [1.54, 1.807) is 137 Å². The van der Waals surface area contributed by atoms with Crippen molar-refractivity contribution in [3.05, 3.63) is 112 Å². The SMILES string of the molecule is C=P(C)(C)CC[C@@]1(C)O[C@@H](n2cnc3c(N)ccnc32)[C@H](O)[C@@H]1O.C=P(C)(C)CC[C@@]12CO[C@@H]([C@H](n3cnc4c(N)ccnc43)O1)[C@@H]2O.C=P(C)(C)CC[C@H]1O[C@@H](n2cnc3c(N)ccnc32)[C@@](C)(O)[C@@H]1O.C=P(C)(C)CC[C@H]1O[C@@H](n2cnc3c(N)ccnc32)[C@H](Cl)[C@@H]1O.C=P(C)(C)CC[C@H]1O[C@@H](n2cnc3c(N)ccnc32)[C@H](F)[C@@H]1O.C=P(C)(C)CC[C@H]1O[C@@H](n2cnc3c(N)ccnc32)[C@](C)(O)[C@@H]1O. The molecule has 24 atom stereocenters. The number of nitrogens with two attached hydrogens (primary N) is 6. The standard InChI is InChI=1S/C16H23N4O3P.3C16H25N4O3P.C15H22ClN4O2P.C15H22FN4O2P/c1-24(2,3)7-5-16-8-22-12(13(16)21)15(23-16)20-9-19-11-10(17)4-6-18-14(11)20;1-16(6-8-24(2,3)4)13(22)12(21)15(23-16)20-9-19-11-10(17)5-7-18-14(11)20;2*1-16(22)13(21)11(6-8-24(2,3)4)23-15(16)20-9-19-12-10(17)5-7-18-14(12)20;2*1-23(2,3)7-5-10-13(21)11(16)15(22-10)20-8-19-12-9(17)4-6-18-14(12)20/h4,6,9,12-13,15,21H,1,5,7-8H2,2-3H3,(H2,17,18);5,7,9,12-13,15,21-22H,2,6,8H2,1,3-4H3,(H2,17,18);2*5,7,9,11,13,15,21-22H,2,6,8H2,1,3-4H3,(H2,17,18);2*4,6,8,10-11,13,15,21H,1,5,7H2,2-3H3,(H2,17,18)/t12-,13+,15-,16+;12-,13+,15-,16-;11-,13-,15-,16+;11-,13-,15-,16-;2*10-,11-,13-,15-/m111111/s1. The minimum Gasteiger partial charge on any atom is -0.397 e. The smallest absolute Gasteiger partial charge is 0.173 e. The molecule has 7 aliphatic rings. The maximum Gasteiger partial charge on any atom is 0.173 e. The number of aromatic nitrogens is 18. The number of aliphatic hydroxyl groups excluding tert-OH is 7. The molecule has 7 fully saturated rings. The molecule has 0 saturated carbocycles. The molecular formula is C94H142ClFN24O16P6. The fourth-order valence-electron chi connectivity index (χ4n) is 18.2. The monoisotopic (exact) mass is 2100 g/mol. The Balaban J connectivity index is 0.000000135. The van der Waals surface area contributed by atoms with Crippen LogP contribution < -0.4 is 34.4 Å². The number of halogens is 2. The molecule has 0 amide bonds. The molecule has 19 rings (SSSR count). The van der Waals surface area contributed by atoms with Crippen LogP contribution in [0.5, 0.6) is 0 Å². The van der Waals surface area contributed by atoms with Crippen LogP contribution in [-0.2, 0) is 33.2 Å². The molecule has 7 aliphatic heterocycles. The third kappa shape index (κ3) is 23.8. The summed E-state index contributed by atoms with van der Waals surface area (Å²) in [6.45, 7) is 23.8. The molecular weight excluding hydrogens is 1960 g/mol. The van der Waals surface area contributed by atoms with Gasteiger partial charge in [0, 0.05) is 37.2 Å². The van der Waals surface area contributed by atoms with E-state index < -0.39 is 180 Å². The van der Waals surface area contributed by atoms with Crippen LogP contribution in [0, 0.1) is 0 Å². The summed E-state index contributed by atoms with van der Waals surface area (Å²) in [6, 6.07) is 10.1. The van der Waals surface area contributed by atoms with Crippen LogP contribution >= 0.6 is 52.9 Å². The van der Waals surface area contributed by atoms with Gasteiger partial charge in [-0.05, 0) is 213 Å². The van der Waals surface area contributed by atoms with Crippen LogP contribution in [0.2, 0.25) is 0 Å². The molecule has 778 valence electrons. The van der Waals surface area contributed by atoms with Gasteiger partial charge >= 0.3 is 0 Å². The highest BCUT2D eigenvalue weighted by molar-refractivity contribution is 7.73. The molecule has 12 aromatic heterocycles. The van der Waals surface area contributed by atoms with Crippen molar-refractivity contribution in [2.45, 2.75) is 204 Å². The Hall–Kier alpha value is -8.10. The second-order valence-corrected chi connectivity index (χ2v) is 69.3. The number of aliphatic hydroxyl groups is 9. The normalized spacial score (nSPS) is 30.5. The molecule has 0 aromatic carbocycles. The highest BCUT2D eigenvalue weighted by Crippen LogP contribution is 2.53. The van der Waals surface area contributed by atoms with E-state index in [2.05, 4.69) is 178 Å². The van der Waals surface area contributed by atoms with Crippen molar-refractivity contribution in [3.63, 3.8) is 0 Å². The van der Waals surface area contributed by atoms with Crippen LogP contribution in [0.3, 0.4) is 0 Å². The van der Waals surface area contributed by atoms with Crippen molar-refractivity contribution in [3.8, 4) is 0 Å². The van der Waals surface area contributed by atoms with Gasteiger partial charge in [0.2, 0.25) is 0 Å². The van der Waals surface area contributed by atoms with Gasteiger partial charge in [0.15, 0.2) is 77.4 Å². The van der Waals surface area contributed by atoms with Crippen LogP contribution in [-0.4, -0.2) is 402 Å². The van der Waals surface area contributed by atoms with E-state index in [-0.39, 0.29) is 6.10 Å². The van der Waals surface area contributed by atoms with E-state index in [0.29, 0.717) is 133 Å². The van der Waals surface area contributed by atoms with E-state index in [4.69, 9.17) is 79.2 Å². The zero-order valence-corrected chi connectivity index (χ0v) is 89.3. The Labute approximate surface area is 831 Å². The number of ether oxygens (including phenoxy) is 7. The Bertz CT molecular complexity index is 6470. The topological polar surface area (TPSA) is 587 Å². The molecule has 21 N–H and O–H groups in total. The summed E-state index contributed by atoms with van der Waals surface area (Å²) in [5.74, 6) is 0. The molecule has 19 heterocycles. The van der Waals surface area contributed by atoms with Gasteiger partial charge in [-0.2, -0.15) is 0 Å². The predicted octanol–water partition coefficient (Wildman–Crippen LogP) is 8.19. The number of nitrogens with zero attached hydrogens (tertiary/aromatic N) is 18. The largest absolute Gasteiger partial charge is 0.397 e. The highest BCUT2D eigenvalue weighted by Gasteiger charge is 2.62. The summed E-state index contributed by atoms with van der Waals surface area (Å²) in [6.07, 6.45) is 38.9. The lowest BCUT2D eigenvalue weighted by Gasteiger charge is -2.32. The van der Waals surface area contributed by atoms with Gasteiger partial charge in [0.25, 0.3) is 0 Å². The molecule has 2 bridgehead atoms. The number of hydrogen-bond donors (Lipinski definition) is 15. The number of hydrogen-bond acceptors (Lipinski definition) is 34. The minimum absolute atomic E-state index is 0.304. The van der Waals surface area contributed by atoms with Gasteiger partial charge in [0.1, 0.15) is 104 Å². The van der Waals surface area contributed by atoms with Gasteiger partial charge in [-0.1, -0.05) is 0 Å². The van der Waals surface area contributed by atoms with Crippen LogP contribution in [0.25, 0.3) is 67.0 Å². The molecule has 48 heteroatoms. The average Bonchev–Trinajstić information content (AvgIpc) is 1.57. The summed E-state index contributed by atoms with van der Waals surface area (Å²) in [5.41, 5.74) is 40.9. The number of alkyl halides is 2. The van der Waals surface area contributed by atoms with Gasteiger partial charge in [-0.25, -0.2) is 64.2 Å². The van der Waals surface area contributed by atoms with Gasteiger partial charge in [-0.3, -0.25) is 27.4 Å². The van der Waals surface area contributed by atoms with Crippen LogP contribution in [0.15, 0.2) is 112 Å². The summed E-state index contributed by atoms with van der Waals surface area (Å²) >= 11 is 6.42. The zero-order valence-electron chi connectivity index (χ0n) is 83.2. The summed E-state index contributed by atoms with van der Waals surface area (Å²) < 4.78 is 66.6. The lowest BCUT2D eigenvalue weighted by Crippen LogP contribution is -2.43. The number of imidazole rings is 6. The third-order valence-electron chi connectivity index (χ3n) is 26.7. The number of anilines is 6. The Morgan fingerprint density at radius 2 is 0.648 bits per heavy atom. The number of pyridine rings is 6. The Morgan fingerprint density at radius 1 is 0.359 bits per heavy atom. The van der Waals surface area contributed by atoms with Crippen molar-refractivity contribution in [2.24, 2.45) is 0 Å². The third-order valence-corrected chi connectivity index (χ3v) is 35.9. The van der Waals surface area contributed by atoms with Crippen molar-refractivity contribution >= 4 is 192 Å². The molecule has 142 heavy (non-hydrogen) atoms. The first-order valence-corrected chi connectivity index (χ1v) is 65.5. The molecule has 40 nitrogen and oxygen atoms in total. The highest BCUT2D eigenvalue weighted by atomic mass is 35.5. The Morgan fingerprint density at radius 3 is 0.993 bits per heavy atom. The maximum atomic E-state index is 14.6. The second kappa shape index (κ2) is 42.3. The van der Waals surface area contributed by atoms with E-state index in [9.17, 15) is 50.3 Å². The number of rotatable bonds is 24. The minimum atomic E-state index is -1.54. The number of fused-ring (bicyclic) bond motifs is 8. The molecule has 12 aromatic rings. The van der Waals surface area contributed by atoms with E-state index in [0.717, 1.165) is 49.8 Å². The zero-order chi connectivity index (χ0) is 104. The first-order valence-electron chi connectivity index (χ1n) is 46.8. The fourth-order valence-corrected chi connectivity index (χ4v) is 24.4. The summed E-state index contributed by atoms with van der Waals surface area (Å²) in [5, 5.41) is 94.6. The van der Waals surface area contributed by atoms with E-state index >= 15 is 0 Å². The Kier molecular flexibility index (Phi) is 32.6. The van der Waals surface area contributed by atoms with E-state index in [1.807, 2.05) is 11.5 Å². The van der Waals surface area contributed by atoms with Gasteiger partial charge in [0.05, 0.1) is 109 Å². The average molecular weight is 2100 g/mol. The van der Waals surface area contributed by atoms with Crippen LogP contribution in [0.1, 0.15) is 96.7 Å². The molecule has 0 radical (unpaired) electrons. The molecule has 7 saturated heterocycles. The first kappa shape index (κ1) is 110. The molecule has 0 aliphatic carbocycles. The van der Waals surface area contributed by atoms with Crippen molar-refractivity contribution < 1.29 is 83.5 Å². The molecule has 0 spiro atoms. The molecule has 0 unspecified atom stereocenters. The predicted molar refractivity (Wildman–Crippen MR) is 578 cm³/mol. The first-order chi connectivity index (χ1) is 66.2.